The van der Waals surface area contributed by atoms with E-state index in [0.29, 0.717) is 18.4 Å². The molecule has 2 aliphatic rings. The Bertz CT molecular complexity index is 333. The van der Waals surface area contributed by atoms with E-state index in [1.54, 1.807) is 0 Å². The smallest absolute Gasteiger partial charge is 0.315 e. The number of carboxylic acid groups (broad SMARTS) is 1. The number of urea groups is 1. The molecule has 0 heterocycles. The maximum Gasteiger partial charge on any atom is 0.315 e. The van der Waals surface area contributed by atoms with Gasteiger partial charge in [0.1, 0.15) is 0 Å². The number of amides is 2. The highest BCUT2D eigenvalue weighted by molar-refractivity contribution is 5.75. The molecule has 0 spiro atoms. The van der Waals surface area contributed by atoms with Crippen molar-refractivity contribution < 1.29 is 14.7 Å². The Kier molecular flexibility index (Phi) is 3.02. The van der Waals surface area contributed by atoms with Crippen molar-refractivity contribution >= 4 is 12.0 Å². The third kappa shape index (κ3) is 2.70. The Balaban J connectivity index is 1.66. The van der Waals surface area contributed by atoms with Crippen molar-refractivity contribution in [1.29, 1.82) is 0 Å². The van der Waals surface area contributed by atoms with Crippen LogP contribution in [0.5, 0.6) is 0 Å². The molecule has 2 aliphatic carbocycles. The minimum atomic E-state index is -0.823. The molecule has 0 aromatic rings. The summed E-state index contributed by atoms with van der Waals surface area (Å²) in [5, 5.41) is 14.2. The van der Waals surface area contributed by atoms with Gasteiger partial charge in [0.15, 0.2) is 0 Å². The highest BCUT2D eigenvalue weighted by atomic mass is 16.4. The summed E-state index contributed by atoms with van der Waals surface area (Å²) < 4.78 is 0. The van der Waals surface area contributed by atoms with Crippen LogP contribution in [-0.4, -0.2) is 29.2 Å². The number of rotatable bonds is 6. The van der Waals surface area contributed by atoms with Gasteiger partial charge in [-0.1, -0.05) is 6.92 Å². The van der Waals surface area contributed by atoms with Crippen LogP contribution in [0.2, 0.25) is 0 Å². The standard InChI is InChI=1S/C12H20N2O3/c1-11(4-5-11)12(6-7-12)14-10(17)13-8-2-3-9(15)16/h2-8H2,1H3,(H,15,16)(H2,13,14,17). The lowest BCUT2D eigenvalue weighted by Gasteiger charge is -2.24. The van der Waals surface area contributed by atoms with Gasteiger partial charge in [-0.05, 0) is 37.5 Å². The number of nitrogens with one attached hydrogen (secondary N) is 2. The van der Waals surface area contributed by atoms with Crippen molar-refractivity contribution in [2.24, 2.45) is 5.41 Å². The van der Waals surface area contributed by atoms with E-state index in [1.165, 1.54) is 12.8 Å². The van der Waals surface area contributed by atoms with Gasteiger partial charge in [0.25, 0.3) is 0 Å². The van der Waals surface area contributed by atoms with Gasteiger partial charge >= 0.3 is 12.0 Å². The number of aliphatic carboxylic acids is 1. The number of carbonyl (C=O) groups is 2. The third-order valence-corrected chi connectivity index (χ3v) is 4.11. The fourth-order valence-corrected chi connectivity index (χ4v) is 2.37. The molecule has 0 unspecified atom stereocenters. The van der Waals surface area contributed by atoms with Gasteiger partial charge in [-0.2, -0.15) is 0 Å². The van der Waals surface area contributed by atoms with Gasteiger partial charge in [-0.3, -0.25) is 4.79 Å². The molecule has 5 nitrogen and oxygen atoms in total. The molecule has 5 heteroatoms. The van der Waals surface area contributed by atoms with Crippen LogP contribution in [0.3, 0.4) is 0 Å². The molecule has 0 bridgehead atoms. The summed E-state index contributed by atoms with van der Waals surface area (Å²) >= 11 is 0. The van der Waals surface area contributed by atoms with Crippen LogP contribution < -0.4 is 10.6 Å². The van der Waals surface area contributed by atoms with Crippen LogP contribution in [0.4, 0.5) is 4.79 Å². The molecule has 2 amide bonds. The number of hydrogen-bond donors (Lipinski definition) is 3. The third-order valence-electron chi connectivity index (χ3n) is 4.11. The van der Waals surface area contributed by atoms with Gasteiger partial charge in [0.05, 0.1) is 0 Å². The van der Waals surface area contributed by atoms with E-state index in [1.807, 2.05) is 0 Å². The zero-order valence-corrected chi connectivity index (χ0v) is 10.2. The maximum absolute atomic E-state index is 11.6. The summed E-state index contributed by atoms with van der Waals surface area (Å²) in [6.45, 7) is 2.65. The fourth-order valence-electron chi connectivity index (χ4n) is 2.37. The Hall–Kier alpha value is -1.26. The molecule has 0 saturated heterocycles. The molecule has 2 fully saturated rings. The molecule has 0 atom stereocenters. The summed E-state index contributed by atoms with van der Waals surface area (Å²) in [5.74, 6) is -0.823. The Morgan fingerprint density at radius 2 is 1.88 bits per heavy atom. The second-order valence-corrected chi connectivity index (χ2v) is 5.52. The molecule has 17 heavy (non-hydrogen) atoms. The van der Waals surface area contributed by atoms with Crippen LogP contribution in [0.1, 0.15) is 45.4 Å². The SMILES string of the molecule is CC1(C2(NC(=O)NCCCC(=O)O)CC2)CC1. The number of carbonyl (C=O) groups excluding carboxylic acids is 1. The predicted molar refractivity (Wildman–Crippen MR) is 62.7 cm³/mol. The highest BCUT2D eigenvalue weighted by Crippen LogP contribution is 2.63. The van der Waals surface area contributed by atoms with Crippen LogP contribution in [0.25, 0.3) is 0 Å². The van der Waals surface area contributed by atoms with Crippen molar-refractivity contribution in [2.45, 2.75) is 51.0 Å². The zero-order chi connectivity index (χ0) is 12.5. The minimum Gasteiger partial charge on any atom is -0.481 e. The van der Waals surface area contributed by atoms with Gasteiger partial charge in [0.2, 0.25) is 0 Å². The van der Waals surface area contributed by atoms with E-state index in [4.69, 9.17) is 5.11 Å². The van der Waals surface area contributed by atoms with Crippen molar-refractivity contribution in [3.05, 3.63) is 0 Å². The summed E-state index contributed by atoms with van der Waals surface area (Å²) in [6, 6.07) is -0.152. The Morgan fingerprint density at radius 3 is 2.35 bits per heavy atom. The van der Waals surface area contributed by atoms with Crippen LogP contribution in [0, 0.1) is 5.41 Å². The molecule has 3 N–H and O–H groups in total. The highest BCUT2D eigenvalue weighted by Gasteiger charge is 2.63. The molecular formula is C12H20N2O3. The molecule has 0 aromatic carbocycles. The molecule has 2 rings (SSSR count). The van der Waals surface area contributed by atoms with Gasteiger partial charge < -0.3 is 15.7 Å². The topological polar surface area (TPSA) is 78.4 Å². The van der Waals surface area contributed by atoms with Crippen molar-refractivity contribution in [2.75, 3.05) is 6.54 Å². The maximum atomic E-state index is 11.6. The first-order valence-electron chi connectivity index (χ1n) is 6.25. The lowest BCUT2D eigenvalue weighted by atomic mass is 9.96. The van der Waals surface area contributed by atoms with Crippen molar-refractivity contribution in [1.82, 2.24) is 10.6 Å². The predicted octanol–water partition coefficient (Wildman–Crippen LogP) is 1.48. The second-order valence-electron chi connectivity index (χ2n) is 5.52. The van der Waals surface area contributed by atoms with E-state index < -0.39 is 5.97 Å². The average Bonchev–Trinajstić information content (AvgIpc) is 3.12. The summed E-state index contributed by atoms with van der Waals surface area (Å²) in [6.07, 6.45) is 5.13. The first kappa shape index (κ1) is 12.2. The Labute approximate surface area is 101 Å². The van der Waals surface area contributed by atoms with E-state index in [0.717, 1.165) is 12.8 Å². The largest absolute Gasteiger partial charge is 0.481 e. The Morgan fingerprint density at radius 1 is 1.24 bits per heavy atom. The normalized spacial score (nSPS) is 22.6. The monoisotopic (exact) mass is 240 g/mol. The molecule has 0 radical (unpaired) electrons. The quantitative estimate of drug-likeness (QED) is 0.615. The molecule has 0 aliphatic heterocycles. The first-order valence-corrected chi connectivity index (χ1v) is 6.25. The summed E-state index contributed by atoms with van der Waals surface area (Å²) in [4.78, 5) is 21.9. The van der Waals surface area contributed by atoms with E-state index in [9.17, 15) is 9.59 Å². The van der Waals surface area contributed by atoms with E-state index in [-0.39, 0.29) is 18.0 Å². The number of hydrogen-bond acceptors (Lipinski definition) is 2. The number of carboxylic acids is 1. The second kappa shape index (κ2) is 4.20. The lowest BCUT2D eigenvalue weighted by molar-refractivity contribution is -0.137. The average molecular weight is 240 g/mol. The van der Waals surface area contributed by atoms with Gasteiger partial charge in [0, 0.05) is 18.5 Å². The molecule has 0 aromatic heterocycles. The van der Waals surface area contributed by atoms with E-state index >= 15 is 0 Å². The zero-order valence-electron chi connectivity index (χ0n) is 10.2. The molecular weight excluding hydrogens is 220 g/mol. The molecule has 96 valence electrons. The van der Waals surface area contributed by atoms with Gasteiger partial charge in [-0.15, -0.1) is 0 Å². The summed E-state index contributed by atoms with van der Waals surface area (Å²) in [5.41, 5.74) is 0.343. The van der Waals surface area contributed by atoms with Crippen LogP contribution >= 0.6 is 0 Å². The fraction of sp³-hybridized carbons (Fsp3) is 0.833. The van der Waals surface area contributed by atoms with Crippen molar-refractivity contribution in [3.63, 3.8) is 0 Å². The molecule has 2 saturated carbocycles. The van der Waals surface area contributed by atoms with Crippen molar-refractivity contribution in [3.8, 4) is 0 Å². The summed E-state index contributed by atoms with van der Waals surface area (Å²) in [7, 11) is 0. The van der Waals surface area contributed by atoms with Crippen LogP contribution in [0.15, 0.2) is 0 Å². The first-order chi connectivity index (χ1) is 7.97. The van der Waals surface area contributed by atoms with Crippen LogP contribution in [-0.2, 0) is 4.79 Å². The lowest BCUT2D eigenvalue weighted by Crippen LogP contribution is -2.47. The van der Waals surface area contributed by atoms with E-state index in [2.05, 4.69) is 17.6 Å². The minimum absolute atomic E-state index is 0.0316. The van der Waals surface area contributed by atoms with Gasteiger partial charge in [-0.25, -0.2) is 4.79 Å².